The van der Waals surface area contributed by atoms with Gasteiger partial charge in [-0.1, -0.05) is 0 Å². The molecule has 0 aliphatic heterocycles. The monoisotopic (exact) mass is 321 g/mol. The summed E-state index contributed by atoms with van der Waals surface area (Å²) in [4.78, 5) is 0. The number of hydrogen-bond donors (Lipinski definition) is 1. The molecule has 102 valence electrons. The van der Waals surface area contributed by atoms with Gasteiger partial charge >= 0.3 is 0 Å². The van der Waals surface area contributed by atoms with Crippen LogP contribution in [0.25, 0.3) is 0 Å². The maximum Gasteiger partial charge on any atom is 0.156 e. The van der Waals surface area contributed by atoms with Gasteiger partial charge in [0.15, 0.2) is 5.75 Å². The molecule has 0 radical (unpaired) electrons. The fourth-order valence-electron chi connectivity index (χ4n) is 1.34. The summed E-state index contributed by atoms with van der Waals surface area (Å²) < 4.78 is 29.1. The SMILES string of the molecule is COCCCOCCOc1c(N)cc(F)cc1Br. The maximum atomic E-state index is 13.0. The Morgan fingerprint density at radius 2 is 2.00 bits per heavy atom. The molecule has 0 heterocycles. The first-order valence-corrected chi connectivity index (χ1v) is 6.38. The molecule has 1 aromatic rings. The summed E-state index contributed by atoms with van der Waals surface area (Å²) >= 11 is 3.20. The highest BCUT2D eigenvalue weighted by Crippen LogP contribution is 2.32. The summed E-state index contributed by atoms with van der Waals surface area (Å²) in [5.74, 6) is 0.0411. The van der Waals surface area contributed by atoms with E-state index in [4.69, 9.17) is 19.9 Å². The topological polar surface area (TPSA) is 53.7 Å². The fraction of sp³-hybridized carbons (Fsp3) is 0.500. The van der Waals surface area contributed by atoms with Crippen molar-refractivity contribution in [3.8, 4) is 5.75 Å². The van der Waals surface area contributed by atoms with Gasteiger partial charge in [0.05, 0.1) is 16.8 Å². The summed E-state index contributed by atoms with van der Waals surface area (Å²) in [6.07, 6.45) is 0.846. The molecule has 0 aliphatic rings. The molecule has 0 bridgehead atoms. The van der Waals surface area contributed by atoms with Crippen LogP contribution in [0.3, 0.4) is 0 Å². The summed E-state index contributed by atoms with van der Waals surface area (Å²) in [7, 11) is 1.65. The van der Waals surface area contributed by atoms with E-state index in [9.17, 15) is 4.39 Å². The van der Waals surface area contributed by atoms with Crippen LogP contribution in [0, 0.1) is 5.82 Å². The highest BCUT2D eigenvalue weighted by Gasteiger charge is 2.08. The second-order valence-electron chi connectivity index (χ2n) is 3.61. The molecule has 6 heteroatoms. The highest BCUT2D eigenvalue weighted by molar-refractivity contribution is 9.10. The number of anilines is 1. The van der Waals surface area contributed by atoms with Gasteiger partial charge in [-0.15, -0.1) is 0 Å². The number of nitrogen functional groups attached to an aromatic ring is 1. The van der Waals surface area contributed by atoms with Crippen molar-refractivity contribution < 1.29 is 18.6 Å². The Bertz CT molecular complexity index is 353. The third kappa shape index (κ3) is 5.20. The average molecular weight is 322 g/mol. The quantitative estimate of drug-likeness (QED) is 0.590. The molecule has 18 heavy (non-hydrogen) atoms. The molecular weight excluding hydrogens is 305 g/mol. The number of ether oxygens (including phenoxy) is 3. The van der Waals surface area contributed by atoms with Gasteiger partial charge in [-0.3, -0.25) is 0 Å². The maximum absolute atomic E-state index is 13.0. The highest BCUT2D eigenvalue weighted by atomic mass is 79.9. The van der Waals surface area contributed by atoms with Crippen LogP contribution < -0.4 is 10.5 Å². The zero-order chi connectivity index (χ0) is 13.4. The summed E-state index contributed by atoms with van der Waals surface area (Å²) in [5.41, 5.74) is 5.92. The molecular formula is C12H17BrFNO3. The van der Waals surface area contributed by atoms with Gasteiger partial charge in [-0.2, -0.15) is 0 Å². The molecule has 0 saturated heterocycles. The van der Waals surface area contributed by atoms with E-state index in [0.717, 1.165) is 6.42 Å². The van der Waals surface area contributed by atoms with Crippen LogP contribution in [-0.2, 0) is 9.47 Å². The third-order valence-corrected chi connectivity index (χ3v) is 2.74. The lowest BCUT2D eigenvalue weighted by Crippen LogP contribution is -2.10. The zero-order valence-corrected chi connectivity index (χ0v) is 11.8. The van der Waals surface area contributed by atoms with Crippen molar-refractivity contribution in [2.75, 3.05) is 39.3 Å². The number of halogens is 2. The second kappa shape index (κ2) is 8.29. The Hall–Kier alpha value is -0.850. The molecule has 0 atom stereocenters. The number of rotatable bonds is 8. The van der Waals surface area contributed by atoms with Crippen molar-refractivity contribution in [3.05, 3.63) is 22.4 Å². The van der Waals surface area contributed by atoms with Gasteiger partial charge in [0.1, 0.15) is 12.4 Å². The largest absolute Gasteiger partial charge is 0.488 e. The van der Waals surface area contributed by atoms with Crippen molar-refractivity contribution in [1.29, 1.82) is 0 Å². The van der Waals surface area contributed by atoms with Crippen molar-refractivity contribution in [3.63, 3.8) is 0 Å². The van der Waals surface area contributed by atoms with Crippen LogP contribution in [0.15, 0.2) is 16.6 Å². The van der Waals surface area contributed by atoms with E-state index in [1.807, 2.05) is 0 Å². The van der Waals surface area contributed by atoms with Crippen LogP contribution in [0.2, 0.25) is 0 Å². The summed E-state index contributed by atoms with van der Waals surface area (Å²) in [6, 6.07) is 2.53. The van der Waals surface area contributed by atoms with Crippen molar-refractivity contribution in [2.45, 2.75) is 6.42 Å². The number of benzene rings is 1. The van der Waals surface area contributed by atoms with Crippen LogP contribution in [0.4, 0.5) is 10.1 Å². The molecule has 4 nitrogen and oxygen atoms in total. The van der Waals surface area contributed by atoms with E-state index in [-0.39, 0.29) is 5.69 Å². The van der Waals surface area contributed by atoms with Gasteiger partial charge < -0.3 is 19.9 Å². The molecule has 0 aromatic heterocycles. The third-order valence-electron chi connectivity index (χ3n) is 2.15. The second-order valence-corrected chi connectivity index (χ2v) is 4.47. The van der Waals surface area contributed by atoms with Crippen LogP contribution in [-0.4, -0.2) is 33.5 Å². The predicted molar refractivity (Wildman–Crippen MR) is 71.3 cm³/mol. The molecule has 0 spiro atoms. The minimum atomic E-state index is -0.400. The normalized spacial score (nSPS) is 10.6. The lowest BCUT2D eigenvalue weighted by molar-refractivity contribution is 0.0806. The Morgan fingerprint density at radius 1 is 1.22 bits per heavy atom. The van der Waals surface area contributed by atoms with E-state index in [2.05, 4.69) is 15.9 Å². The van der Waals surface area contributed by atoms with Crippen molar-refractivity contribution >= 4 is 21.6 Å². The smallest absolute Gasteiger partial charge is 0.156 e. The molecule has 1 rings (SSSR count). The van der Waals surface area contributed by atoms with Gasteiger partial charge in [-0.25, -0.2) is 4.39 Å². The van der Waals surface area contributed by atoms with Gasteiger partial charge in [0, 0.05) is 26.4 Å². The summed E-state index contributed by atoms with van der Waals surface area (Å²) in [6.45, 7) is 2.11. The lowest BCUT2D eigenvalue weighted by atomic mass is 10.3. The fourth-order valence-corrected chi connectivity index (χ4v) is 1.90. The van der Waals surface area contributed by atoms with E-state index in [0.29, 0.717) is 36.6 Å². The first-order chi connectivity index (χ1) is 8.65. The van der Waals surface area contributed by atoms with Crippen molar-refractivity contribution in [1.82, 2.24) is 0 Å². The zero-order valence-electron chi connectivity index (χ0n) is 10.2. The van der Waals surface area contributed by atoms with Crippen LogP contribution >= 0.6 is 15.9 Å². The number of hydrogen-bond acceptors (Lipinski definition) is 4. The molecule has 0 fully saturated rings. The minimum Gasteiger partial charge on any atom is -0.488 e. The Labute approximate surface area is 114 Å². The van der Waals surface area contributed by atoms with Gasteiger partial charge in [0.2, 0.25) is 0 Å². The van der Waals surface area contributed by atoms with E-state index in [1.54, 1.807) is 7.11 Å². The van der Waals surface area contributed by atoms with E-state index < -0.39 is 5.82 Å². The van der Waals surface area contributed by atoms with E-state index in [1.165, 1.54) is 12.1 Å². The molecule has 0 unspecified atom stereocenters. The molecule has 2 N–H and O–H groups in total. The predicted octanol–water partition coefficient (Wildman–Crippen LogP) is 2.60. The Kier molecular flexibility index (Phi) is 7.00. The first-order valence-electron chi connectivity index (χ1n) is 5.59. The van der Waals surface area contributed by atoms with Crippen molar-refractivity contribution in [2.24, 2.45) is 0 Å². The Balaban J connectivity index is 2.27. The number of nitrogens with two attached hydrogens (primary N) is 1. The first kappa shape index (κ1) is 15.2. The Morgan fingerprint density at radius 3 is 2.67 bits per heavy atom. The van der Waals surface area contributed by atoms with Crippen LogP contribution in [0.5, 0.6) is 5.75 Å². The average Bonchev–Trinajstić information content (AvgIpc) is 2.30. The molecule has 0 saturated carbocycles. The van der Waals surface area contributed by atoms with E-state index >= 15 is 0 Å². The lowest BCUT2D eigenvalue weighted by Gasteiger charge is -2.11. The minimum absolute atomic E-state index is 0.265. The molecule has 0 aliphatic carbocycles. The molecule has 0 amide bonds. The summed E-state index contributed by atoms with van der Waals surface area (Å²) in [5, 5.41) is 0. The van der Waals surface area contributed by atoms with Gasteiger partial charge in [0.25, 0.3) is 0 Å². The van der Waals surface area contributed by atoms with Crippen LogP contribution in [0.1, 0.15) is 6.42 Å². The van der Waals surface area contributed by atoms with Gasteiger partial charge in [-0.05, 0) is 28.4 Å². The standard InChI is InChI=1S/C12H17BrFNO3/c1-16-3-2-4-17-5-6-18-12-10(13)7-9(14)8-11(12)15/h7-8H,2-6,15H2,1H3. The number of methoxy groups -OCH3 is 1. The molecule has 1 aromatic carbocycles.